The number of carbonyl (C=O) groups is 1. The van der Waals surface area contributed by atoms with Crippen LogP contribution in [0.3, 0.4) is 0 Å². The fraction of sp³-hybridized carbons (Fsp3) is 0.889. The van der Waals surface area contributed by atoms with E-state index in [9.17, 15) is 4.79 Å². The van der Waals surface area contributed by atoms with E-state index in [1.807, 2.05) is 6.92 Å². The van der Waals surface area contributed by atoms with Crippen LogP contribution in [0.5, 0.6) is 0 Å². The topological polar surface area (TPSA) is 82.0 Å². The summed E-state index contributed by atoms with van der Waals surface area (Å²) in [6, 6.07) is -0.346. The second kappa shape index (κ2) is 7.44. The molecule has 0 aromatic heterocycles. The monoisotopic (exact) mass is 220 g/mol. The smallest absolute Gasteiger partial charge is 0.319 e. The Hall–Kier alpha value is -0.850. The average Bonchev–Trinajstić information content (AvgIpc) is 2.29. The molecule has 2 atom stereocenters. The number of nitrogens with zero attached hydrogens (tertiary/aromatic N) is 1. The maximum Gasteiger partial charge on any atom is 0.319 e. The van der Waals surface area contributed by atoms with Crippen LogP contribution in [-0.4, -0.2) is 60.8 Å². The van der Waals surface area contributed by atoms with Crippen molar-refractivity contribution in [3.8, 4) is 0 Å². The molecule has 15 heavy (non-hydrogen) atoms. The van der Waals surface area contributed by atoms with Crippen LogP contribution in [0.15, 0.2) is 0 Å². The van der Waals surface area contributed by atoms with E-state index in [0.717, 1.165) is 0 Å². The number of urea groups is 1. The van der Waals surface area contributed by atoms with Crippen molar-refractivity contribution in [2.45, 2.75) is 25.7 Å². The third-order valence-electron chi connectivity index (χ3n) is 2.13. The summed E-state index contributed by atoms with van der Waals surface area (Å²) in [5, 5.41) is 20.4. The fourth-order valence-corrected chi connectivity index (χ4v) is 1.05. The van der Waals surface area contributed by atoms with E-state index in [2.05, 4.69) is 5.32 Å². The van der Waals surface area contributed by atoms with Crippen LogP contribution in [0.2, 0.25) is 0 Å². The van der Waals surface area contributed by atoms with Crippen LogP contribution >= 0.6 is 0 Å². The van der Waals surface area contributed by atoms with Crippen LogP contribution in [0.4, 0.5) is 4.79 Å². The van der Waals surface area contributed by atoms with Gasteiger partial charge >= 0.3 is 6.03 Å². The Bertz CT molecular complexity index is 185. The van der Waals surface area contributed by atoms with Crippen LogP contribution < -0.4 is 5.32 Å². The lowest BCUT2D eigenvalue weighted by atomic mass is 10.3. The lowest BCUT2D eigenvalue weighted by molar-refractivity contribution is -0.111. The lowest BCUT2D eigenvalue weighted by Gasteiger charge is -2.29. The third kappa shape index (κ3) is 4.46. The van der Waals surface area contributed by atoms with E-state index in [1.54, 1.807) is 0 Å². The predicted molar refractivity (Wildman–Crippen MR) is 55.3 cm³/mol. The first-order valence-corrected chi connectivity index (χ1v) is 4.92. The second-order valence-corrected chi connectivity index (χ2v) is 3.15. The van der Waals surface area contributed by atoms with Gasteiger partial charge in [-0.25, -0.2) is 4.79 Å². The highest BCUT2D eigenvalue weighted by Gasteiger charge is 2.21. The molecule has 0 radical (unpaired) electrons. The molecule has 0 bridgehead atoms. The Balaban J connectivity index is 4.28. The van der Waals surface area contributed by atoms with Gasteiger partial charge in [0.2, 0.25) is 0 Å². The molecular weight excluding hydrogens is 200 g/mol. The maximum atomic E-state index is 11.2. The van der Waals surface area contributed by atoms with Crippen LogP contribution in [0, 0.1) is 0 Å². The number of aliphatic hydroxyl groups is 2. The van der Waals surface area contributed by atoms with Crippen LogP contribution in [-0.2, 0) is 4.74 Å². The normalized spacial score (nSPS) is 14.5. The van der Waals surface area contributed by atoms with Gasteiger partial charge in [0.05, 0.1) is 19.3 Å². The third-order valence-corrected chi connectivity index (χ3v) is 2.13. The standard InChI is InChI=1S/C9H20N2O4/c1-4-7(5-12)15-8(6-13)11(3)9(14)10-2/h7-8,12-13H,4-6H2,1-3H3,(H,10,14)/t7-,8-/m1/s1. The molecule has 0 spiro atoms. The summed E-state index contributed by atoms with van der Waals surface area (Å²) in [4.78, 5) is 12.5. The van der Waals surface area contributed by atoms with Crippen molar-refractivity contribution < 1.29 is 19.7 Å². The van der Waals surface area contributed by atoms with Crippen molar-refractivity contribution in [1.29, 1.82) is 0 Å². The first-order valence-electron chi connectivity index (χ1n) is 4.92. The Kier molecular flexibility index (Phi) is 7.02. The molecule has 0 rings (SSSR count). The fourth-order valence-electron chi connectivity index (χ4n) is 1.05. The molecule has 0 aliphatic rings. The predicted octanol–water partition coefficient (Wildman–Crippen LogP) is -0.636. The van der Waals surface area contributed by atoms with Crippen molar-refractivity contribution >= 4 is 6.03 Å². The highest BCUT2D eigenvalue weighted by molar-refractivity contribution is 5.73. The molecule has 0 aromatic carbocycles. The zero-order valence-electron chi connectivity index (χ0n) is 9.43. The number of hydrogen-bond donors (Lipinski definition) is 3. The highest BCUT2D eigenvalue weighted by Crippen LogP contribution is 2.05. The van der Waals surface area contributed by atoms with Crippen LogP contribution in [0.25, 0.3) is 0 Å². The summed E-state index contributed by atoms with van der Waals surface area (Å²) in [6.07, 6.45) is -0.481. The van der Waals surface area contributed by atoms with Gasteiger partial charge in [-0.15, -0.1) is 0 Å². The van der Waals surface area contributed by atoms with Gasteiger partial charge in [-0.2, -0.15) is 0 Å². The summed E-state index contributed by atoms with van der Waals surface area (Å²) in [5.41, 5.74) is 0. The molecule has 0 aliphatic carbocycles. The van der Waals surface area contributed by atoms with Crippen molar-refractivity contribution in [2.75, 3.05) is 27.3 Å². The lowest BCUT2D eigenvalue weighted by Crippen LogP contribution is -2.47. The zero-order chi connectivity index (χ0) is 11.8. The minimum absolute atomic E-state index is 0.130. The van der Waals surface area contributed by atoms with Gasteiger partial charge < -0.3 is 20.3 Å². The minimum atomic E-state index is -0.734. The Morgan fingerprint density at radius 2 is 2.07 bits per heavy atom. The molecule has 6 nitrogen and oxygen atoms in total. The van der Waals surface area contributed by atoms with E-state index >= 15 is 0 Å². The molecule has 6 heteroatoms. The average molecular weight is 220 g/mol. The largest absolute Gasteiger partial charge is 0.394 e. The van der Waals surface area contributed by atoms with Crippen molar-refractivity contribution in [2.24, 2.45) is 0 Å². The summed E-state index contributed by atoms with van der Waals surface area (Å²) in [7, 11) is 3.01. The Labute approximate surface area is 89.8 Å². The number of rotatable bonds is 6. The highest BCUT2D eigenvalue weighted by atomic mass is 16.5. The van der Waals surface area contributed by atoms with Crippen molar-refractivity contribution in [1.82, 2.24) is 10.2 Å². The summed E-state index contributed by atoms with van der Waals surface area (Å²) >= 11 is 0. The van der Waals surface area contributed by atoms with E-state index in [1.165, 1.54) is 19.0 Å². The van der Waals surface area contributed by atoms with E-state index in [4.69, 9.17) is 14.9 Å². The van der Waals surface area contributed by atoms with Gasteiger partial charge in [0.1, 0.15) is 0 Å². The Morgan fingerprint density at radius 3 is 2.40 bits per heavy atom. The number of aliphatic hydroxyl groups excluding tert-OH is 2. The molecule has 0 aliphatic heterocycles. The molecule has 90 valence electrons. The van der Waals surface area contributed by atoms with Gasteiger partial charge in [-0.05, 0) is 6.42 Å². The molecular formula is C9H20N2O4. The van der Waals surface area contributed by atoms with Crippen molar-refractivity contribution in [3.63, 3.8) is 0 Å². The first-order chi connectivity index (χ1) is 7.10. The minimum Gasteiger partial charge on any atom is -0.394 e. The molecule has 0 saturated heterocycles. The summed E-state index contributed by atoms with van der Waals surface area (Å²) in [6.45, 7) is 1.42. The number of amides is 2. The number of nitrogens with one attached hydrogen (secondary N) is 1. The number of ether oxygens (including phenoxy) is 1. The number of likely N-dealkylation sites (N-methyl/N-ethyl adjacent to an activating group) is 1. The van der Waals surface area contributed by atoms with E-state index < -0.39 is 6.23 Å². The van der Waals surface area contributed by atoms with Gasteiger partial charge in [0.25, 0.3) is 0 Å². The van der Waals surface area contributed by atoms with E-state index in [0.29, 0.717) is 6.42 Å². The summed E-state index contributed by atoms with van der Waals surface area (Å²) < 4.78 is 5.35. The maximum absolute atomic E-state index is 11.2. The van der Waals surface area contributed by atoms with Gasteiger partial charge in [0.15, 0.2) is 6.23 Å². The van der Waals surface area contributed by atoms with Gasteiger partial charge in [-0.1, -0.05) is 6.92 Å². The molecule has 0 saturated carbocycles. The molecule has 3 N–H and O–H groups in total. The quantitative estimate of drug-likeness (QED) is 0.520. The molecule has 0 unspecified atom stereocenters. The number of hydrogen-bond acceptors (Lipinski definition) is 4. The SMILES string of the molecule is CC[C@H](CO)O[C@H](CO)N(C)C(=O)NC. The molecule has 0 fully saturated rings. The zero-order valence-corrected chi connectivity index (χ0v) is 9.43. The molecule has 0 heterocycles. The Morgan fingerprint density at radius 1 is 1.47 bits per heavy atom. The van der Waals surface area contributed by atoms with E-state index in [-0.39, 0.29) is 25.3 Å². The molecule has 0 aromatic rings. The first kappa shape index (κ1) is 14.2. The summed E-state index contributed by atoms with van der Waals surface area (Å²) in [5.74, 6) is 0. The molecule has 2 amide bonds. The van der Waals surface area contributed by atoms with Gasteiger partial charge in [-0.3, -0.25) is 4.90 Å². The second-order valence-electron chi connectivity index (χ2n) is 3.15. The number of carbonyl (C=O) groups excluding carboxylic acids is 1. The van der Waals surface area contributed by atoms with Gasteiger partial charge in [0, 0.05) is 14.1 Å². The van der Waals surface area contributed by atoms with Crippen LogP contribution in [0.1, 0.15) is 13.3 Å². The van der Waals surface area contributed by atoms with Crippen molar-refractivity contribution in [3.05, 3.63) is 0 Å².